The number of phenols is 2. The number of benzene rings is 1. The van der Waals surface area contributed by atoms with Crippen LogP contribution in [-0.2, 0) is 14.4 Å². The maximum Gasteiger partial charge on any atom is 0.342 e. The van der Waals surface area contributed by atoms with Crippen LogP contribution in [0.5, 0.6) is 11.5 Å². The molecule has 0 aliphatic carbocycles. The largest absolute Gasteiger partial charge is 0.507 e. The van der Waals surface area contributed by atoms with Crippen LogP contribution in [0.25, 0.3) is 6.08 Å². The first-order chi connectivity index (χ1) is 15.5. The predicted molar refractivity (Wildman–Crippen MR) is 120 cm³/mol. The van der Waals surface area contributed by atoms with Gasteiger partial charge < -0.3 is 19.8 Å². The Morgan fingerprint density at radius 2 is 1.88 bits per heavy atom. The summed E-state index contributed by atoms with van der Waals surface area (Å²) in [4.78, 5) is 32.1. The van der Waals surface area contributed by atoms with Crippen LogP contribution in [0, 0.1) is 0 Å². The van der Waals surface area contributed by atoms with Crippen molar-refractivity contribution in [2.75, 3.05) is 26.3 Å². The van der Waals surface area contributed by atoms with Crippen LogP contribution >= 0.6 is 11.6 Å². The number of nitrogens with one attached hydrogen (secondary N) is 1. The van der Waals surface area contributed by atoms with E-state index in [-0.39, 0.29) is 41.0 Å². The van der Waals surface area contributed by atoms with E-state index in [0.717, 1.165) is 44.8 Å². The summed E-state index contributed by atoms with van der Waals surface area (Å²) in [5, 5.41) is 20.2. The highest BCUT2D eigenvalue weighted by molar-refractivity contribution is 6.34. The summed E-state index contributed by atoms with van der Waals surface area (Å²) < 4.78 is 5.20. The standard InChI is InChI=1S/C23H27ClN2O6/c24-22-17-13-16(25-32-15-20(29)26-10-6-4-7-11-26)9-5-2-1-3-8-12-31-23(30)21(17)18(27)14-19(22)28/h3,5,8-9,13-14,25,27-28H,1-2,4,6-7,10-12,15H2/b8-3?,9-5?,16-13-. The second-order valence-corrected chi connectivity index (χ2v) is 7.88. The Bertz CT molecular complexity index is 935. The number of halogens is 1. The molecule has 1 saturated heterocycles. The molecule has 0 unspecified atom stereocenters. The highest BCUT2D eigenvalue weighted by Gasteiger charge is 2.23. The molecule has 2 aliphatic rings. The van der Waals surface area contributed by atoms with E-state index in [9.17, 15) is 19.8 Å². The van der Waals surface area contributed by atoms with E-state index >= 15 is 0 Å². The van der Waals surface area contributed by atoms with Gasteiger partial charge in [-0.25, -0.2) is 4.79 Å². The van der Waals surface area contributed by atoms with Gasteiger partial charge in [0.15, 0.2) is 6.61 Å². The van der Waals surface area contributed by atoms with Gasteiger partial charge >= 0.3 is 5.97 Å². The number of hydrogen-bond acceptors (Lipinski definition) is 7. The second-order valence-electron chi connectivity index (χ2n) is 7.50. The number of fused-ring (bicyclic) bond motifs is 1. The molecule has 0 spiro atoms. The molecular formula is C23H27ClN2O6. The minimum atomic E-state index is -0.788. The Balaban J connectivity index is 1.86. The summed E-state index contributed by atoms with van der Waals surface area (Å²) in [6.07, 6.45) is 13.2. The number of likely N-dealkylation sites (tertiary alicyclic amines) is 1. The van der Waals surface area contributed by atoms with Crippen molar-refractivity contribution in [1.82, 2.24) is 10.4 Å². The Hall–Kier alpha value is -2.97. The van der Waals surface area contributed by atoms with Crippen molar-refractivity contribution >= 4 is 29.6 Å². The van der Waals surface area contributed by atoms with Gasteiger partial charge in [-0.1, -0.05) is 29.8 Å². The zero-order chi connectivity index (χ0) is 22.9. The molecule has 172 valence electrons. The number of esters is 1. The van der Waals surface area contributed by atoms with E-state index in [1.54, 1.807) is 17.1 Å². The lowest BCUT2D eigenvalue weighted by Gasteiger charge is -2.26. The molecule has 1 fully saturated rings. The molecule has 1 amide bonds. The maximum atomic E-state index is 12.6. The van der Waals surface area contributed by atoms with E-state index in [4.69, 9.17) is 21.2 Å². The van der Waals surface area contributed by atoms with Gasteiger partial charge in [0.1, 0.15) is 23.7 Å². The van der Waals surface area contributed by atoms with E-state index in [2.05, 4.69) is 5.48 Å². The van der Waals surface area contributed by atoms with Gasteiger partial charge in [-0.15, -0.1) is 0 Å². The number of hydroxylamine groups is 1. The quantitative estimate of drug-likeness (QED) is 0.355. The molecule has 8 nitrogen and oxygen atoms in total. The molecule has 3 rings (SSSR count). The second kappa shape index (κ2) is 11.6. The van der Waals surface area contributed by atoms with Gasteiger partial charge in [0.25, 0.3) is 5.91 Å². The minimum absolute atomic E-state index is 0.0382. The third-order valence-corrected chi connectivity index (χ3v) is 5.53. The molecular weight excluding hydrogens is 436 g/mol. The Kier molecular flexibility index (Phi) is 8.58. The number of amides is 1. The molecule has 0 saturated carbocycles. The first kappa shape index (κ1) is 23.7. The predicted octanol–water partition coefficient (Wildman–Crippen LogP) is 3.69. The van der Waals surface area contributed by atoms with Crippen LogP contribution in [0.15, 0.2) is 36.1 Å². The number of ether oxygens (including phenoxy) is 1. The number of carbonyl (C=O) groups excluding carboxylic acids is 2. The number of rotatable bonds is 4. The Morgan fingerprint density at radius 1 is 1.12 bits per heavy atom. The van der Waals surface area contributed by atoms with Gasteiger partial charge in [0, 0.05) is 24.7 Å². The number of nitrogens with zero attached hydrogens (tertiary/aromatic N) is 1. The molecule has 32 heavy (non-hydrogen) atoms. The van der Waals surface area contributed by atoms with Crippen LogP contribution < -0.4 is 5.48 Å². The van der Waals surface area contributed by atoms with E-state index in [1.807, 2.05) is 12.2 Å². The van der Waals surface area contributed by atoms with Gasteiger partial charge in [0.05, 0.1) is 10.7 Å². The van der Waals surface area contributed by atoms with E-state index < -0.39 is 11.7 Å². The molecule has 0 bridgehead atoms. The van der Waals surface area contributed by atoms with Crippen LogP contribution in [0.1, 0.15) is 48.0 Å². The van der Waals surface area contributed by atoms with E-state index in [1.165, 1.54) is 6.08 Å². The topological polar surface area (TPSA) is 108 Å². The van der Waals surface area contributed by atoms with Crippen molar-refractivity contribution in [2.24, 2.45) is 0 Å². The summed E-state index contributed by atoms with van der Waals surface area (Å²) in [5.41, 5.74) is 2.97. The summed E-state index contributed by atoms with van der Waals surface area (Å²) in [7, 11) is 0. The van der Waals surface area contributed by atoms with Crippen LogP contribution in [0.2, 0.25) is 5.02 Å². The molecule has 0 aromatic heterocycles. The van der Waals surface area contributed by atoms with Gasteiger partial charge in [-0.3, -0.25) is 15.1 Å². The SMILES string of the molecule is O=C1OCC=CCCC=C/C(NOCC(=O)N2CCCCC2)=C/c2c(Cl)c(O)cc(O)c21. The average molecular weight is 463 g/mol. The fraction of sp³-hybridized carbons (Fsp3) is 0.391. The molecule has 2 aliphatic heterocycles. The van der Waals surface area contributed by atoms with Crippen molar-refractivity contribution in [1.29, 1.82) is 0 Å². The zero-order valence-corrected chi connectivity index (χ0v) is 18.4. The van der Waals surface area contributed by atoms with Crippen molar-refractivity contribution in [2.45, 2.75) is 32.1 Å². The average Bonchev–Trinajstić information content (AvgIpc) is 2.80. The lowest BCUT2D eigenvalue weighted by molar-refractivity contribution is -0.139. The number of cyclic esters (lactones) is 1. The van der Waals surface area contributed by atoms with Crippen molar-refractivity contribution in [3.8, 4) is 11.5 Å². The molecule has 0 radical (unpaired) electrons. The first-order valence-electron chi connectivity index (χ1n) is 10.6. The number of aromatic hydroxyl groups is 2. The summed E-state index contributed by atoms with van der Waals surface area (Å²) >= 11 is 6.24. The lowest BCUT2D eigenvalue weighted by Crippen LogP contribution is -2.39. The third kappa shape index (κ3) is 6.27. The molecule has 0 atom stereocenters. The summed E-state index contributed by atoms with van der Waals surface area (Å²) in [6.45, 7) is 1.32. The monoisotopic (exact) mass is 462 g/mol. The first-order valence-corrected chi connectivity index (χ1v) is 11.0. The van der Waals surface area contributed by atoms with Crippen LogP contribution in [0.3, 0.4) is 0 Å². The fourth-order valence-electron chi connectivity index (χ4n) is 3.47. The third-order valence-electron chi connectivity index (χ3n) is 5.13. The maximum absolute atomic E-state index is 12.6. The normalized spacial score (nSPS) is 19.0. The molecule has 1 aromatic carbocycles. The van der Waals surface area contributed by atoms with E-state index in [0.29, 0.717) is 12.1 Å². The summed E-state index contributed by atoms with van der Waals surface area (Å²) in [6, 6.07) is 0.987. The van der Waals surface area contributed by atoms with Crippen molar-refractivity contribution in [3.05, 3.63) is 52.2 Å². The van der Waals surface area contributed by atoms with Gasteiger partial charge in [0.2, 0.25) is 0 Å². The highest BCUT2D eigenvalue weighted by atomic mass is 35.5. The molecule has 2 heterocycles. The van der Waals surface area contributed by atoms with Crippen LogP contribution in [0.4, 0.5) is 0 Å². The number of phenolic OH excluding ortho intramolecular Hbond substituents is 2. The lowest BCUT2D eigenvalue weighted by atomic mass is 10.0. The van der Waals surface area contributed by atoms with Gasteiger partial charge in [-0.05, 0) is 44.3 Å². The number of allylic oxidation sites excluding steroid dienone is 3. The van der Waals surface area contributed by atoms with Crippen molar-refractivity contribution in [3.63, 3.8) is 0 Å². The molecule has 3 N–H and O–H groups in total. The number of carbonyl (C=O) groups is 2. The summed E-state index contributed by atoms with van der Waals surface area (Å²) in [5.74, 6) is -1.76. The fourth-order valence-corrected chi connectivity index (χ4v) is 3.67. The van der Waals surface area contributed by atoms with Crippen molar-refractivity contribution < 1.29 is 29.4 Å². The Labute approximate surface area is 191 Å². The highest BCUT2D eigenvalue weighted by Crippen LogP contribution is 2.38. The molecule has 9 heteroatoms. The molecule has 1 aromatic rings. The smallest absolute Gasteiger partial charge is 0.342 e. The zero-order valence-electron chi connectivity index (χ0n) is 17.7. The van der Waals surface area contributed by atoms with Crippen LogP contribution in [-0.4, -0.2) is 53.3 Å². The number of hydrogen-bond donors (Lipinski definition) is 3. The Morgan fingerprint density at radius 3 is 2.66 bits per heavy atom. The minimum Gasteiger partial charge on any atom is -0.507 e. The number of piperidine rings is 1. The van der Waals surface area contributed by atoms with Gasteiger partial charge in [-0.2, -0.15) is 0 Å².